The Bertz CT molecular complexity index is 560. The van der Waals surface area contributed by atoms with Crippen molar-refractivity contribution in [3.05, 3.63) is 24.3 Å². The fourth-order valence-corrected chi connectivity index (χ4v) is 2.52. The van der Waals surface area contributed by atoms with E-state index in [9.17, 15) is 9.59 Å². The Morgan fingerprint density at radius 2 is 2.30 bits per heavy atom. The van der Waals surface area contributed by atoms with Crippen LogP contribution in [-0.2, 0) is 4.79 Å². The normalized spacial score (nSPS) is 18.7. The van der Waals surface area contributed by atoms with Crippen molar-refractivity contribution in [2.24, 2.45) is 0 Å². The molecule has 126 valence electrons. The molecule has 2 atom stereocenters. The van der Waals surface area contributed by atoms with Gasteiger partial charge >= 0.3 is 6.03 Å². The second-order valence-electron chi connectivity index (χ2n) is 5.51. The summed E-state index contributed by atoms with van der Waals surface area (Å²) in [6, 6.07) is 6.36. The lowest BCUT2D eigenvalue weighted by molar-refractivity contribution is -0.117. The summed E-state index contributed by atoms with van der Waals surface area (Å²) in [7, 11) is 1.57. The summed E-state index contributed by atoms with van der Waals surface area (Å²) in [5.74, 6) is 0.635. The van der Waals surface area contributed by atoms with Gasteiger partial charge in [0.15, 0.2) is 0 Å². The van der Waals surface area contributed by atoms with Crippen molar-refractivity contribution < 1.29 is 19.4 Å². The Kier molecular flexibility index (Phi) is 5.81. The van der Waals surface area contributed by atoms with Crippen LogP contribution >= 0.6 is 0 Å². The van der Waals surface area contributed by atoms with Gasteiger partial charge in [-0.05, 0) is 18.6 Å². The molecule has 3 N–H and O–H groups in total. The van der Waals surface area contributed by atoms with Crippen LogP contribution in [0.2, 0.25) is 0 Å². The van der Waals surface area contributed by atoms with Gasteiger partial charge in [-0.1, -0.05) is 13.0 Å². The third kappa shape index (κ3) is 4.35. The number of methoxy groups -OCH3 is 1. The summed E-state index contributed by atoms with van der Waals surface area (Å²) in [6.45, 7) is 2.18. The number of benzene rings is 1. The zero-order valence-electron chi connectivity index (χ0n) is 13.4. The molecular weight excluding hydrogens is 298 g/mol. The van der Waals surface area contributed by atoms with E-state index in [0.29, 0.717) is 18.7 Å². The first kappa shape index (κ1) is 17.1. The molecule has 7 heteroatoms. The molecule has 0 saturated carbocycles. The van der Waals surface area contributed by atoms with Crippen LogP contribution in [-0.4, -0.2) is 49.4 Å². The van der Waals surface area contributed by atoms with Crippen LogP contribution in [0.5, 0.6) is 5.75 Å². The zero-order chi connectivity index (χ0) is 16.8. The number of carbonyl (C=O) groups is 2. The number of amides is 3. The summed E-state index contributed by atoms with van der Waals surface area (Å²) in [5.41, 5.74) is 0.751. The number of rotatable bonds is 6. The maximum atomic E-state index is 12.2. The fraction of sp³-hybridized carbons (Fsp3) is 0.500. The highest BCUT2D eigenvalue weighted by Crippen LogP contribution is 2.25. The molecule has 1 saturated heterocycles. The molecule has 1 fully saturated rings. The summed E-state index contributed by atoms with van der Waals surface area (Å²) in [5, 5.41) is 14.6. The summed E-state index contributed by atoms with van der Waals surface area (Å²) < 4.78 is 5.17. The van der Waals surface area contributed by atoms with Gasteiger partial charge in [0, 0.05) is 24.7 Å². The van der Waals surface area contributed by atoms with Crippen molar-refractivity contribution >= 4 is 17.6 Å². The standard InChI is InChI=1S/C16H23N3O4/c1-3-11(10-20)17-16(22)18-12-7-15(21)19(9-12)13-5-4-6-14(8-13)23-2/h4-6,8,11-12,20H,3,7,9-10H2,1-2H3,(H2,17,18,22)/t11-,12+/m0/s1. The Balaban J connectivity index is 1.95. The van der Waals surface area contributed by atoms with E-state index in [4.69, 9.17) is 9.84 Å². The first-order valence-electron chi connectivity index (χ1n) is 7.69. The maximum Gasteiger partial charge on any atom is 0.315 e. The molecule has 0 bridgehead atoms. The molecule has 0 aliphatic carbocycles. The molecule has 1 aliphatic rings. The first-order chi connectivity index (χ1) is 11.1. The largest absolute Gasteiger partial charge is 0.497 e. The first-order valence-corrected chi connectivity index (χ1v) is 7.69. The highest BCUT2D eigenvalue weighted by molar-refractivity contribution is 5.97. The smallest absolute Gasteiger partial charge is 0.315 e. The lowest BCUT2D eigenvalue weighted by atomic mass is 10.2. The highest BCUT2D eigenvalue weighted by atomic mass is 16.5. The molecule has 0 aromatic heterocycles. The van der Waals surface area contributed by atoms with E-state index < -0.39 is 0 Å². The molecule has 1 aliphatic heterocycles. The number of ether oxygens (including phenoxy) is 1. The predicted molar refractivity (Wildman–Crippen MR) is 86.6 cm³/mol. The monoisotopic (exact) mass is 321 g/mol. The highest BCUT2D eigenvalue weighted by Gasteiger charge is 2.31. The summed E-state index contributed by atoms with van der Waals surface area (Å²) in [4.78, 5) is 25.7. The molecule has 1 heterocycles. The van der Waals surface area contributed by atoms with E-state index in [1.54, 1.807) is 18.1 Å². The average molecular weight is 321 g/mol. The molecule has 0 spiro atoms. The van der Waals surface area contributed by atoms with Crippen LogP contribution in [0, 0.1) is 0 Å². The zero-order valence-corrected chi connectivity index (χ0v) is 13.4. The fourth-order valence-electron chi connectivity index (χ4n) is 2.52. The molecule has 7 nitrogen and oxygen atoms in total. The molecule has 2 rings (SSSR count). The Morgan fingerprint density at radius 3 is 2.96 bits per heavy atom. The number of nitrogens with zero attached hydrogens (tertiary/aromatic N) is 1. The number of aliphatic hydroxyl groups excluding tert-OH is 1. The van der Waals surface area contributed by atoms with Gasteiger partial charge in [-0.15, -0.1) is 0 Å². The van der Waals surface area contributed by atoms with Crippen LogP contribution in [0.4, 0.5) is 10.5 Å². The second kappa shape index (κ2) is 7.82. The van der Waals surface area contributed by atoms with Gasteiger partial charge in [0.2, 0.25) is 5.91 Å². The Morgan fingerprint density at radius 1 is 1.52 bits per heavy atom. The van der Waals surface area contributed by atoms with Crippen LogP contribution in [0.3, 0.4) is 0 Å². The lowest BCUT2D eigenvalue weighted by Crippen LogP contribution is -2.48. The van der Waals surface area contributed by atoms with Crippen molar-refractivity contribution in [3.63, 3.8) is 0 Å². The summed E-state index contributed by atoms with van der Waals surface area (Å²) >= 11 is 0. The van der Waals surface area contributed by atoms with Gasteiger partial charge in [0.1, 0.15) is 5.75 Å². The van der Waals surface area contributed by atoms with Crippen molar-refractivity contribution in [2.45, 2.75) is 31.8 Å². The van der Waals surface area contributed by atoms with Crippen LogP contribution in [0.1, 0.15) is 19.8 Å². The van der Waals surface area contributed by atoms with Gasteiger partial charge in [-0.25, -0.2) is 4.79 Å². The molecule has 0 radical (unpaired) electrons. The van der Waals surface area contributed by atoms with Gasteiger partial charge in [0.25, 0.3) is 0 Å². The minimum atomic E-state index is -0.365. The van der Waals surface area contributed by atoms with E-state index in [-0.39, 0.29) is 37.0 Å². The van der Waals surface area contributed by atoms with E-state index >= 15 is 0 Å². The number of urea groups is 1. The molecule has 3 amide bonds. The van der Waals surface area contributed by atoms with Crippen LogP contribution in [0.15, 0.2) is 24.3 Å². The van der Waals surface area contributed by atoms with E-state index in [2.05, 4.69) is 10.6 Å². The summed E-state index contributed by atoms with van der Waals surface area (Å²) in [6.07, 6.45) is 0.893. The van der Waals surface area contributed by atoms with Crippen molar-refractivity contribution in [1.29, 1.82) is 0 Å². The molecule has 23 heavy (non-hydrogen) atoms. The number of hydrogen-bond acceptors (Lipinski definition) is 4. The Hall–Kier alpha value is -2.28. The van der Waals surface area contributed by atoms with Gasteiger partial charge < -0.3 is 25.4 Å². The van der Waals surface area contributed by atoms with E-state index in [1.807, 2.05) is 25.1 Å². The third-order valence-electron chi connectivity index (χ3n) is 3.87. The van der Waals surface area contributed by atoms with Crippen molar-refractivity contribution in [1.82, 2.24) is 10.6 Å². The van der Waals surface area contributed by atoms with Gasteiger partial charge in [-0.3, -0.25) is 4.79 Å². The average Bonchev–Trinajstić information content (AvgIpc) is 2.92. The number of hydrogen-bond donors (Lipinski definition) is 3. The molecule has 1 aromatic rings. The lowest BCUT2D eigenvalue weighted by Gasteiger charge is -2.19. The minimum absolute atomic E-state index is 0.0437. The topological polar surface area (TPSA) is 90.9 Å². The second-order valence-corrected chi connectivity index (χ2v) is 5.51. The van der Waals surface area contributed by atoms with E-state index in [1.165, 1.54) is 0 Å². The number of nitrogens with one attached hydrogen (secondary N) is 2. The Labute approximate surface area is 135 Å². The number of aliphatic hydroxyl groups is 1. The maximum absolute atomic E-state index is 12.2. The minimum Gasteiger partial charge on any atom is -0.497 e. The third-order valence-corrected chi connectivity index (χ3v) is 3.87. The van der Waals surface area contributed by atoms with Crippen molar-refractivity contribution in [2.75, 3.05) is 25.2 Å². The number of carbonyl (C=O) groups excluding carboxylic acids is 2. The van der Waals surface area contributed by atoms with Crippen LogP contribution < -0.4 is 20.3 Å². The van der Waals surface area contributed by atoms with Gasteiger partial charge in [-0.2, -0.15) is 0 Å². The quantitative estimate of drug-likeness (QED) is 0.725. The predicted octanol–water partition coefficient (Wildman–Crippen LogP) is 0.871. The van der Waals surface area contributed by atoms with Gasteiger partial charge in [0.05, 0.1) is 25.8 Å². The van der Waals surface area contributed by atoms with E-state index in [0.717, 1.165) is 5.69 Å². The molecule has 1 aromatic carbocycles. The van der Waals surface area contributed by atoms with Crippen molar-refractivity contribution in [3.8, 4) is 5.75 Å². The van der Waals surface area contributed by atoms with Crippen LogP contribution in [0.25, 0.3) is 0 Å². The molecule has 0 unspecified atom stereocenters. The number of anilines is 1. The molecular formula is C16H23N3O4. The SMILES string of the molecule is CC[C@@H](CO)NC(=O)N[C@@H]1CC(=O)N(c2cccc(OC)c2)C1.